The highest BCUT2D eigenvalue weighted by Gasteiger charge is 2.44. The molecule has 0 spiro atoms. The van der Waals surface area contributed by atoms with Gasteiger partial charge in [0.05, 0.1) is 12.2 Å². The average molecular weight is 411 g/mol. The van der Waals surface area contributed by atoms with E-state index in [-0.39, 0.29) is 11.7 Å². The Hall–Kier alpha value is -2.77. The van der Waals surface area contributed by atoms with Gasteiger partial charge in [0.1, 0.15) is 18.0 Å². The molecular weight excluding hydrogens is 385 g/mol. The fraction of sp³-hybridized carbons (Fsp3) is 0.391. The Morgan fingerprint density at radius 2 is 2.10 bits per heavy atom. The third-order valence-electron chi connectivity index (χ3n) is 5.68. The Morgan fingerprint density at radius 1 is 1.33 bits per heavy atom. The van der Waals surface area contributed by atoms with Crippen molar-refractivity contribution in [2.45, 2.75) is 25.5 Å². The van der Waals surface area contributed by atoms with E-state index in [0.29, 0.717) is 38.2 Å². The van der Waals surface area contributed by atoms with Crippen molar-refractivity contribution in [3.05, 3.63) is 69.7 Å². The second-order valence-corrected chi connectivity index (χ2v) is 7.66. The predicted octanol–water partition coefficient (Wildman–Crippen LogP) is 1.77. The van der Waals surface area contributed by atoms with Gasteiger partial charge in [0.2, 0.25) is 0 Å². The maximum Gasteiger partial charge on any atom is 0.253 e. The van der Waals surface area contributed by atoms with E-state index in [4.69, 9.17) is 4.74 Å². The number of carbonyl (C=O) groups is 1. The summed E-state index contributed by atoms with van der Waals surface area (Å²) in [7, 11) is 1.60. The largest absolute Gasteiger partial charge is 0.386 e. The number of methoxy groups -OCH3 is 1. The van der Waals surface area contributed by atoms with Crippen LogP contribution in [-0.4, -0.2) is 67.6 Å². The molecule has 158 valence electrons. The van der Waals surface area contributed by atoms with Crippen molar-refractivity contribution in [3.8, 4) is 0 Å². The third-order valence-corrected chi connectivity index (χ3v) is 5.68. The molecule has 1 aliphatic carbocycles. The van der Waals surface area contributed by atoms with E-state index in [2.05, 4.69) is 10.3 Å². The highest BCUT2D eigenvalue weighted by Crippen LogP contribution is 2.39. The van der Waals surface area contributed by atoms with Gasteiger partial charge in [0.25, 0.3) is 5.91 Å². The zero-order valence-electron chi connectivity index (χ0n) is 17.2. The fourth-order valence-electron chi connectivity index (χ4n) is 4.25. The van der Waals surface area contributed by atoms with E-state index in [1.54, 1.807) is 30.4 Å². The summed E-state index contributed by atoms with van der Waals surface area (Å²) < 4.78 is 18.3. The molecule has 0 bridgehead atoms. The van der Waals surface area contributed by atoms with Crippen molar-refractivity contribution < 1.29 is 19.0 Å². The Balaban J connectivity index is 1.68. The minimum Gasteiger partial charge on any atom is -0.386 e. The van der Waals surface area contributed by atoms with Crippen LogP contribution in [0.15, 0.2) is 63.3 Å². The monoisotopic (exact) mass is 411 g/mol. The van der Waals surface area contributed by atoms with Crippen LogP contribution in [0.5, 0.6) is 0 Å². The summed E-state index contributed by atoms with van der Waals surface area (Å²) in [6, 6.07) is 5.90. The summed E-state index contributed by atoms with van der Waals surface area (Å²) in [4.78, 5) is 19.2. The van der Waals surface area contributed by atoms with Crippen LogP contribution in [0.1, 0.15) is 12.5 Å². The number of nitrogens with one attached hydrogen (secondary N) is 1. The molecule has 2 heterocycles. The molecule has 4 rings (SSSR count). The number of fused-ring (bicyclic) bond motifs is 1. The Morgan fingerprint density at radius 3 is 2.80 bits per heavy atom. The number of hydrogen-bond acceptors (Lipinski definition) is 5. The molecule has 3 aliphatic rings. The quantitative estimate of drug-likeness (QED) is 0.717. The highest BCUT2D eigenvalue weighted by molar-refractivity contribution is 6.00. The molecule has 0 aromatic heterocycles. The molecule has 2 N–H and O–H groups in total. The predicted molar refractivity (Wildman–Crippen MR) is 113 cm³/mol. The number of likely N-dealkylation sites (N-methyl/N-ethyl adjacent to an activating group) is 1. The van der Waals surface area contributed by atoms with Crippen molar-refractivity contribution >= 4 is 12.1 Å². The van der Waals surface area contributed by atoms with Crippen LogP contribution >= 0.6 is 0 Å². The topological polar surface area (TPSA) is 74.2 Å². The summed E-state index contributed by atoms with van der Waals surface area (Å²) >= 11 is 0. The lowest BCUT2D eigenvalue weighted by atomic mass is 9.82. The summed E-state index contributed by atoms with van der Waals surface area (Å²) in [6.07, 6.45) is 3.42. The van der Waals surface area contributed by atoms with Crippen molar-refractivity contribution in [1.82, 2.24) is 10.2 Å². The lowest BCUT2D eigenvalue weighted by Crippen LogP contribution is -2.39. The number of allylic oxidation sites excluding steroid dienone is 1. The first-order chi connectivity index (χ1) is 14.5. The first-order valence-electron chi connectivity index (χ1n) is 10.2. The lowest BCUT2D eigenvalue weighted by molar-refractivity contribution is -0.127. The zero-order valence-corrected chi connectivity index (χ0v) is 17.2. The van der Waals surface area contributed by atoms with E-state index < -0.39 is 12.1 Å². The van der Waals surface area contributed by atoms with Crippen LogP contribution in [0.25, 0.3) is 0 Å². The van der Waals surface area contributed by atoms with Gasteiger partial charge >= 0.3 is 0 Å². The van der Waals surface area contributed by atoms with E-state index in [1.807, 2.05) is 13.0 Å². The molecule has 1 aromatic rings. The molecule has 0 radical (unpaired) electrons. The lowest BCUT2D eigenvalue weighted by Gasteiger charge is -2.32. The molecule has 2 unspecified atom stereocenters. The number of benzene rings is 1. The van der Waals surface area contributed by atoms with E-state index in [9.17, 15) is 14.3 Å². The van der Waals surface area contributed by atoms with Crippen LogP contribution in [-0.2, 0) is 16.0 Å². The average Bonchev–Trinajstić information content (AvgIpc) is 3.07. The Bertz CT molecular complexity index is 962. The number of aliphatic hydroxyl groups excluding tert-OH is 1. The number of hydrogen-bond donors (Lipinski definition) is 2. The third kappa shape index (κ3) is 3.70. The van der Waals surface area contributed by atoms with Gasteiger partial charge in [-0.25, -0.2) is 4.39 Å². The van der Waals surface area contributed by atoms with E-state index in [0.717, 1.165) is 28.0 Å². The maximum absolute atomic E-state index is 13.2. The number of nitrogens with zero attached hydrogens (tertiary/aromatic N) is 2. The molecule has 0 saturated heterocycles. The number of aliphatic hydroxyl groups is 1. The fourth-order valence-corrected chi connectivity index (χ4v) is 4.25. The highest BCUT2D eigenvalue weighted by atomic mass is 19.1. The van der Waals surface area contributed by atoms with Gasteiger partial charge in [-0.2, -0.15) is 0 Å². The second kappa shape index (κ2) is 8.53. The number of amides is 1. The summed E-state index contributed by atoms with van der Waals surface area (Å²) in [5.74, 6) is -0.415. The molecule has 1 aromatic carbocycles. The maximum atomic E-state index is 13.2. The molecule has 30 heavy (non-hydrogen) atoms. The summed E-state index contributed by atoms with van der Waals surface area (Å²) in [6.45, 7) is 4.05. The van der Waals surface area contributed by atoms with Gasteiger partial charge in [0, 0.05) is 49.8 Å². The molecule has 0 saturated carbocycles. The van der Waals surface area contributed by atoms with Crippen molar-refractivity contribution in [1.29, 1.82) is 0 Å². The van der Waals surface area contributed by atoms with Crippen LogP contribution < -0.4 is 5.32 Å². The number of aliphatic imine (C=N–C) groups is 1. The molecule has 6 nitrogen and oxygen atoms in total. The number of rotatable bonds is 7. The van der Waals surface area contributed by atoms with Gasteiger partial charge in [0.15, 0.2) is 0 Å². The molecule has 2 atom stereocenters. The van der Waals surface area contributed by atoms with E-state index >= 15 is 0 Å². The number of dihydropyridines is 1. The van der Waals surface area contributed by atoms with Gasteiger partial charge < -0.3 is 20.1 Å². The van der Waals surface area contributed by atoms with Gasteiger partial charge in [-0.15, -0.1) is 0 Å². The van der Waals surface area contributed by atoms with Crippen LogP contribution in [0.3, 0.4) is 0 Å². The molecule has 2 aliphatic heterocycles. The second-order valence-electron chi connectivity index (χ2n) is 7.66. The van der Waals surface area contributed by atoms with Crippen LogP contribution in [0.4, 0.5) is 4.39 Å². The number of halogens is 1. The first kappa shape index (κ1) is 20.5. The zero-order chi connectivity index (χ0) is 21.3. The molecule has 1 amide bonds. The minimum absolute atomic E-state index is 0.153. The summed E-state index contributed by atoms with van der Waals surface area (Å²) in [5.41, 5.74) is 5.00. The number of carbonyl (C=O) groups excluding carboxylic acids is 1. The standard InChI is InChI=1S/C23H26FN3O3/c1-3-25-20-17-11-15(10-14-4-6-16(24)7-5-14)12-26-21(17)22(28)19-18(20)13-27(23(19)29)8-9-30-2/h4-7,11-12,21-22,25,28H,3,8-10,13H2,1-2H3. The number of ether oxygens (including phenoxy) is 1. The first-order valence-corrected chi connectivity index (χ1v) is 10.2. The van der Waals surface area contributed by atoms with Crippen LogP contribution in [0, 0.1) is 5.82 Å². The minimum atomic E-state index is -0.975. The van der Waals surface area contributed by atoms with Crippen LogP contribution in [0.2, 0.25) is 0 Å². The SMILES string of the molecule is CCNC1=C2C=C(Cc3ccc(F)cc3)C=NC2C(O)C2=C1CN(CCOC)C2=O. The normalized spacial score (nSPS) is 23.0. The van der Waals surface area contributed by atoms with Crippen molar-refractivity contribution in [2.75, 3.05) is 33.4 Å². The van der Waals surface area contributed by atoms with Gasteiger partial charge in [-0.1, -0.05) is 12.1 Å². The van der Waals surface area contributed by atoms with Gasteiger partial charge in [-0.05, 0) is 42.7 Å². The smallest absolute Gasteiger partial charge is 0.253 e. The van der Waals surface area contributed by atoms with E-state index in [1.165, 1.54) is 12.1 Å². The summed E-state index contributed by atoms with van der Waals surface area (Å²) in [5, 5.41) is 14.4. The molecule has 0 fully saturated rings. The van der Waals surface area contributed by atoms with Gasteiger partial charge in [-0.3, -0.25) is 9.79 Å². The Kier molecular flexibility index (Phi) is 5.83. The van der Waals surface area contributed by atoms with Crippen molar-refractivity contribution in [3.63, 3.8) is 0 Å². The Labute approximate surface area is 175 Å². The molecule has 7 heteroatoms. The molecular formula is C23H26FN3O3. The van der Waals surface area contributed by atoms with Crippen molar-refractivity contribution in [2.24, 2.45) is 4.99 Å².